The maximum atomic E-state index is 12.6. The molecule has 2 aliphatic rings. The predicted molar refractivity (Wildman–Crippen MR) is 86.6 cm³/mol. The average Bonchev–Trinajstić information content (AvgIpc) is 2.70. The number of hydrogen-bond acceptors (Lipinski definition) is 3. The van der Waals surface area contributed by atoms with Crippen molar-refractivity contribution in [1.29, 1.82) is 0 Å². The molecule has 0 aromatic carbocycles. The zero-order valence-corrected chi connectivity index (χ0v) is 14.7. The highest BCUT2D eigenvalue weighted by atomic mass is 35.5. The lowest BCUT2D eigenvalue weighted by atomic mass is 9.70. The molecule has 122 valence electrons. The quantitative estimate of drug-likeness (QED) is 0.846. The van der Waals surface area contributed by atoms with Crippen LogP contribution in [0.3, 0.4) is 0 Å². The summed E-state index contributed by atoms with van der Waals surface area (Å²) in [6.07, 6.45) is 2.01. The molecule has 2 fully saturated rings. The minimum Gasteiger partial charge on any atom is -0.345 e. The van der Waals surface area contributed by atoms with E-state index in [9.17, 15) is 9.59 Å². The Balaban J connectivity index is 0.00000220. The Labute approximate surface area is 134 Å². The maximum absolute atomic E-state index is 12.6. The first-order chi connectivity index (χ1) is 9.27. The van der Waals surface area contributed by atoms with E-state index in [1.54, 1.807) is 0 Å². The van der Waals surface area contributed by atoms with E-state index >= 15 is 0 Å². The van der Waals surface area contributed by atoms with Crippen LogP contribution in [0.1, 0.15) is 47.5 Å². The van der Waals surface area contributed by atoms with Crippen molar-refractivity contribution in [3.63, 3.8) is 0 Å². The second kappa shape index (κ2) is 6.25. The summed E-state index contributed by atoms with van der Waals surface area (Å²) in [4.78, 5) is 26.9. The maximum Gasteiger partial charge on any atom is 0.234 e. The molecule has 5 heteroatoms. The van der Waals surface area contributed by atoms with Gasteiger partial charge in [0.1, 0.15) is 0 Å². The molecule has 1 amide bonds. The highest BCUT2D eigenvalue weighted by Gasteiger charge is 2.66. The predicted octanol–water partition coefficient (Wildman–Crippen LogP) is 2.26. The van der Waals surface area contributed by atoms with E-state index in [4.69, 9.17) is 0 Å². The van der Waals surface area contributed by atoms with Gasteiger partial charge in [-0.15, -0.1) is 12.4 Å². The van der Waals surface area contributed by atoms with Gasteiger partial charge >= 0.3 is 0 Å². The molecule has 2 rings (SSSR count). The second-order valence-corrected chi connectivity index (χ2v) is 7.07. The number of carbonyl (C=O) groups excluding carboxylic acids is 2. The number of fused-ring (bicyclic) bond motifs is 2. The standard InChI is InChI=1S/C16H28N2O2.ClH/c1-6-18(7-2)10-12(19)17-13-11-8-9-16(5,14(13)20)15(11,3)4;/h11,13H,6-10H2,1-5H3,(H,17,19);1H. The van der Waals surface area contributed by atoms with Gasteiger partial charge in [0.15, 0.2) is 5.78 Å². The zero-order valence-electron chi connectivity index (χ0n) is 13.9. The van der Waals surface area contributed by atoms with Gasteiger partial charge in [-0.05, 0) is 37.3 Å². The molecule has 3 atom stereocenters. The van der Waals surface area contributed by atoms with Gasteiger partial charge in [0.05, 0.1) is 12.6 Å². The van der Waals surface area contributed by atoms with E-state index in [1.165, 1.54) is 0 Å². The molecule has 0 heterocycles. The van der Waals surface area contributed by atoms with Crippen LogP contribution < -0.4 is 5.32 Å². The van der Waals surface area contributed by atoms with Crippen molar-refractivity contribution < 1.29 is 9.59 Å². The Morgan fingerprint density at radius 1 is 1.29 bits per heavy atom. The van der Waals surface area contributed by atoms with E-state index < -0.39 is 0 Å². The van der Waals surface area contributed by atoms with Gasteiger partial charge in [0, 0.05) is 5.41 Å². The lowest BCUT2D eigenvalue weighted by Crippen LogP contribution is -2.49. The van der Waals surface area contributed by atoms with Crippen molar-refractivity contribution in [2.45, 2.75) is 53.5 Å². The number of nitrogens with zero attached hydrogens (tertiary/aromatic N) is 1. The average molecular weight is 317 g/mol. The van der Waals surface area contributed by atoms with Gasteiger partial charge in [-0.25, -0.2) is 0 Å². The lowest BCUT2D eigenvalue weighted by molar-refractivity contribution is -0.133. The molecule has 2 saturated carbocycles. The Morgan fingerprint density at radius 3 is 2.29 bits per heavy atom. The number of rotatable bonds is 5. The topological polar surface area (TPSA) is 49.4 Å². The van der Waals surface area contributed by atoms with Crippen LogP contribution in [0.4, 0.5) is 0 Å². The van der Waals surface area contributed by atoms with Gasteiger partial charge in [-0.1, -0.05) is 34.6 Å². The molecule has 1 N–H and O–H groups in total. The highest BCUT2D eigenvalue weighted by Crippen LogP contribution is 2.63. The summed E-state index contributed by atoms with van der Waals surface area (Å²) in [5, 5.41) is 3.01. The number of hydrogen-bond donors (Lipinski definition) is 1. The molecule has 2 aliphatic carbocycles. The number of Topliss-reactive ketones (excluding diaryl/α,β-unsaturated/α-hetero) is 1. The van der Waals surface area contributed by atoms with Crippen molar-refractivity contribution in [2.75, 3.05) is 19.6 Å². The van der Waals surface area contributed by atoms with Gasteiger partial charge in [-0.3, -0.25) is 14.5 Å². The van der Waals surface area contributed by atoms with Crippen LogP contribution in [0.25, 0.3) is 0 Å². The summed E-state index contributed by atoms with van der Waals surface area (Å²) >= 11 is 0. The van der Waals surface area contributed by atoms with Crippen molar-refractivity contribution in [2.24, 2.45) is 16.7 Å². The largest absolute Gasteiger partial charge is 0.345 e. The number of amides is 1. The van der Waals surface area contributed by atoms with Crippen LogP contribution in [0.2, 0.25) is 0 Å². The van der Waals surface area contributed by atoms with Gasteiger partial charge in [-0.2, -0.15) is 0 Å². The Kier molecular flexibility index (Phi) is 5.49. The summed E-state index contributed by atoms with van der Waals surface area (Å²) in [6.45, 7) is 12.6. The Bertz CT molecular complexity index is 421. The van der Waals surface area contributed by atoms with Crippen LogP contribution in [0.5, 0.6) is 0 Å². The molecule has 0 spiro atoms. The summed E-state index contributed by atoms with van der Waals surface area (Å²) < 4.78 is 0. The fourth-order valence-corrected chi connectivity index (χ4v) is 4.12. The van der Waals surface area contributed by atoms with Crippen LogP contribution in [-0.4, -0.2) is 42.3 Å². The minimum atomic E-state index is -0.271. The Morgan fingerprint density at radius 2 is 1.86 bits per heavy atom. The molecular formula is C16H29ClN2O2. The van der Waals surface area contributed by atoms with E-state index in [1.807, 2.05) is 13.8 Å². The van der Waals surface area contributed by atoms with Crippen LogP contribution in [-0.2, 0) is 9.59 Å². The van der Waals surface area contributed by atoms with Gasteiger partial charge in [0.25, 0.3) is 0 Å². The van der Waals surface area contributed by atoms with Crippen molar-refractivity contribution in [3.05, 3.63) is 0 Å². The van der Waals surface area contributed by atoms with Gasteiger partial charge in [0.2, 0.25) is 5.91 Å². The van der Waals surface area contributed by atoms with Gasteiger partial charge < -0.3 is 5.32 Å². The smallest absolute Gasteiger partial charge is 0.234 e. The highest BCUT2D eigenvalue weighted by molar-refractivity contribution is 5.97. The molecule has 0 saturated heterocycles. The molecule has 21 heavy (non-hydrogen) atoms. The number of halogens is 1. The second-order valence-electron chi connectivity index (χ2n) is 7.07. The van der Waals surface area contributed by atoms with Crippen molar-refractivity contribution in [3.8, 4) is 0 Å². The SMILES string of the molecule is CCN(CC)CC(=O)NC1C(=O)C2(C)CCC1C2(C)C.Cl. The molecule has 0 aromatic heterocycles. The third-order valence-corrected chi connectivity index (χ3v) is 6.11. The number of ketones is 1. The van der Waals surface area contributed by atoms with E-state index in [2.05, 4.69) is 31.0 Å². The lowest BCUT2D eigenvalue weighted by Gasteiger charge is -2.32. The van der Waals surface area contributed by atoms with Crippen LogP contribution >= 0.6 is 12.4 Å². The molecule has 0 aromatic rings. The zero-order chi connectivity index (χ0) is 15.1. The molecular weight excluding hydrogens is 288 g/mol. The summed E-state index contributed by atoms with van der Waals surface area (Å²) in [6, 6.07) is -0.271. The first-order valence-corrected chi connectivity index (χ1v) is 7.84. The van der Waals surface area contributed by atoms with Crippen LogP contribution in [0, 0.1) is 16.7 Å². The minimum absolute atomic E-state index is 0. The molecule has 4 nitrogen and oxygen atoms in total. The van der Waals surface area contributed by atoms with E-state index in [0.29, 0.717) is 12.5 Å². The Hall–Kier alpha value is -0.610. The normalized spacial score (nSPS) is 33.1. The molecule has 0 aliphatic heterocycles. The molecule has 2 bridgehead atoms. The monoisotopic (exact) mass is 316 g/mol. The number of likely N-dealkylation sites (N-methyl/N-ethyl adjacent to an activating group) is 1. The number of nitrogens with one attached hydrogen (secondary N) is 1. The number of carbonyl (C=O) groups is 2. The molecule has 3 unspecified atom stereocenters. The third-order valence-electron chi connectivity index (χ3n) is 6.11. The van der Waals surface area contributed by atoms with E-state index in [0.717, 1.165) is 25.9 Å². The first kappa shape index (κ1) is 18.4. The van der Waals surface area contributed by atoms with E-state index in [-0.39, 0.29) is 41.0 Å². The first-order valence-electron chi connectivity index (χ1n) is 7.84. The fraction of sp³-hybridized carbons (Fsp3) is 0.875. The summed E-state index contributed by atoms with van der Waals surface area (Å²) in [5.41, 5.74) is -0.262. The van der Waals surface area contributed by atoms with Crippen LogP contribution in [0.15, 0.2) is 0 Å². The fourth-order valence-electron chi connectivity index (χ4n) is 4.12. The van der Waals surface area contributed by atoms with Crippen molar-refractivity contribution in [1.82, 2.24) is 10.2 Å². The summed E-state index contributed by atoms with van der Waals surface area (Å²) in [7, 11) is 0. The molecule has 0 radical (unpaired) electrons. The third kappa shape index (κ3) is 2.72. The summed E-state index contributed by atoms with van der Waals surface area (Å²) in [5.74, 6) is 0.520. The van der Waals surface area contributed by atoms with Crippen molar-refractivity contribution >= 4 is 24.1 Å².